The van der Waals surface area contributed by atoms with E-state index in [1.165, 1.54) is 43.8 Å². The molecule has 0 saturated heterocycles. The van der Waals surface area contributed by atoms with E-state index in [9.17, 15) is 9.59 Å². The van der Waals surface area contributed by atoms with Crippen LogP contribution in [0.4, 0.5) is 5.69 Å². The van der Waals surface area contributed by atoms with Crippen molar-refractivity contribution in [2.45, 2.75) is 70.3 Å². The number of amides is 1. The van der Waals surface area contributed by atoms with Crippen LogP contribution in [0.5, 0.6) is 0 Å². The summed E-state index contributed by atoms with van der Waals surface area (Å²) in [5.74, 6) is 1.06. The third kappa shape index (κ3) is 5.64. The van der Waals surface area contributed by atoms with Crippen molar-refractivity contribution >= 4 is 22.4 Å². The van der Waals surface area contributed by atoms with Crippen molar-refractivity contribution in [3.8, 4) is 0 Å². The minimum Gasteiger partial charge on any atom is -0.466 e. The fraction of sp³-hybridized carbons (Fsp3) is 0.400. The summed E-state index contributed by atoms with van der Waals surface area (Å²) in [6.45, 7) is 0. The van der Waals surface area contributed by atoms with E-state index in [4.69, 9.17) is 9.47 Å². The van der Waals surface area contributed by atoms with Crippen molar-refractivity contribution < 1.29 is 14.3 Å². The SMILES string of the molecule is O=C(CC1CCCCCC1)Nc1cccc2c(=O)n(C(CC3=CC=CCC3)C3=COC=CO3)ccc12. The molecule has 1 fully saturated rings. The van der Waals surface area contributed by atoms with Gasteiger partial charge in [-0.3, -0.25) is 9.59 Å². The third-order valence-corrected chi connectivity index (χ3v) is 7.44. The van der Waals surface area contributed by atoms with E-state index in [1.54, 1.807) is 17.0 Å². The van der Waals surface area contributed by atoms with Gasteiger partial charge < -0.3 is 19.4 Å². The normalized spacial score (nSPS) is 19.0. The number of pyridine rings is 1. The zero-order valence-corrected chi connectivity index (χ0v) is 20.7. The van der Waals surface area contributed by atoms with Gasteiger partial charge in [-0.2, -0.15) is 0 Å². The number of allylic oxidation sites excluding steroid dienone is 5. The first-order valence-electron chi connectivity index (χ1n) is 13.1. The Bertz CT molecular complexity index is 1280. The van der Waals surface area contributed by atoms with Crippen LogP contribution in [0.1, 0.15) is 70.3 Å². The van der Waals surface area contributed by atoms with Gasteiger partial charge in [0.15, 0.2) is 5.76 Å². The number of rotatable bonds is 7. The van der Waals surface area contributed by atoms with E-state index in [0.717, 1.165) is 31.1 Å². The Hall–Kier alpha value is -3.54. The first-order valence-corrected chi connectivity index (χ1v) is 13.1. The molecule has 1 saturated carbocycles. The van der Waals surface area contributed by atoms with Gasteiger partial charge in [-0.15, -0.1) is 0 Å². The fourth-order valence-corrected chi connectivity index (χ4v) is 5.52. The molecule has 2 aliphatic carbocycles. The molecule has 6 heteroatoms. The standard InChI is InChI=1S/C30H34N2O4/c33-29(20-23-11-4-1-2-5-12-23)31-26-14-8-13-25-24(26)15-16-32(30(25)34)27(28-21-35-17-18-36-28)19-22-9-6-3-7-10-22/h3,6,8-9,13-18,21,23,27H,1-2,4-5,7,10-12,19-20H2,(H,31,33). The van der Waals surface area contributed by atoms with Gasteiger partial charge in [0.2, 0.25) is 5.91 Å². The van der Waals surface area contributed by atoms with Crippen LogP contribution in [-0.4, -0.2) is 10.5 Å². The lowest BCUT2D eigenvalue weighted by Gasteiger charge is -2.25. The van der Waals surface area contributed by atoms with Crippen LogP contribution in [0.15, 0.2) is 83.6 Å². The highest BCUT2D eigenvalue weighted by Crippen LogP contribution is 2.32. The van der Waals surface area contributed by atoms with Gasteiger partial charge in [-0.1, -0.05) is 55.6 Å². The van der Waals surface area contributed by atoms with Gasteiger partial charge in [0, 0.05) is 29.1 Å². The molecule has 0 radical (unpaired) electrons. The number of anilines is 1. The maximum atomic E-state index is 13.7. The van der Waals surface area contributed by atoms with Gasteiger partial charge in [-0.05, 0) is 56.2 Å². The quantitative estimate of drug-likeness (QED) is 0.434. The van der Waals surface area contributed by atoms with E-state index >= 15 is 0 Å². The highest BCUT2D eigenvalue weighted by atomic mass is 16.5. The van der Waals surface area contributed by atoms with E-state index in [1.807, 2.05) is 24.3 Å². The molecule has 0 bridgehead atoms. The predicted molar refractivity (Wildman–Crippen MR) is 142 cm³/mol. The monoisotopic (exact) mass is 486 g/mol. The average molecular weight is 487 g/mol. The molecule has 6 nitrogen and oxygen atoms in total. The van der Waals surface area contributed by atoms with Crippen molar-refractivity contribution in [3.63, 3.8) is 0 Å². The summed E-state index contributed by atoms with van der Waals surface area (Å²) < 4.78 is 12.8. The zero-order chi connectivity index (χ0) is 24.7. The smallest absolute Gasteiger partial charge is 0.259 e. The molecule has 1 N–H and O–H groups in total. The number of hydrogen-bond donors (Lipinski definition) is 1. The lowest BCUT2D eigenvalue weighted by atomic mass is 9.96. The summed E-state index contributed by atoms with van der Waals surface area (Å²) in [5, 5.41) is 4.41. The Balaban J connectivity index is 1.42. The topological polar surface area (TPSA) is 69.6 Å². The van der Waals surface area contributed by atoms with E-state index in [-0.39, 0.29) is 17.5 Å². The van der Waals surface area contributed by atoms with Crippen LogP contribution in [0.3, 0.4) is 0 Å². The van der Waals surface area contributed by atoms with Crippen molar-refractivity contribution in [2.24, 2.45) is 5.92 Å². The Labute approximate surface area is 212 Å². The van der Waals surface area contributed by atoms with Gasteiger partial charge in [0.25, 0.3) is 5.56 Å². The zero-order valence-electron chi connectivity index (χ0n) is 20.7. The van der Waals surface area contributed by atoms with Crippen LogP contribution in [0, 0.1) is 5.92 Å². The molecule has 1 unspecified atom stereocenters. The van der Waals surface area contributed by atoms with Crippen LogP contribution in [0.25, 0.3) is 10.8 Å². The Morgan fingerprint density at radius 3 is 2.69 bits per heavy atom. The number of carbonyl (C=O) groups is 1. The maximum Gasteiger partial charge on any atom is 0.259 e. The van der Waals surface area contributed by atoms with Crippen molar-refractivity contribution in [3.05, 3.63) is 89.2 Å². The molecular weight excluding hydrogens is 452 g/mol. The van der Waals surface area contributed by atoms with Crippen molar-refractivity contribution in [1.29, 1.82) is 0 Å². The fourth-order valence-electron chi connectivity index (χ4n) is 5.52. The van der Waals surface area contributed by atoms with Crippen molar-refractivity contribution in [1.82, 2.24) is 4.57 Å². The van der Waals surface area contributed by atoms with E-state index < -0.39 is 0 Å². The lowest BCUT2D eigenvalue weighted by Crippen LogP contribution is -2.27. The summed E-state index contributed by atoms with van der Waals surface area (Å²) in [4.78, 5) is 26.6. The van der Waals surface area contributed by atoms with Gasteiger partial charge in [0.05, 0.1) is 0 Å². The van der Waals surface area contributed by atoms with Gasteiger partial charge in [0.1, 0.15) is 24.8 Å². The number of carbonyl (C=O) groups excluding carboxylic acids is 1. The number of fused-ring (bicyclic) bond motifs is 1. The van der Waals surface area contributed by atoms with E-state index in [2.05, 4.69) is 23.5 Å². The molecule has 1 aromatic heterocycles. The number of aromatic nitrogens is 1. The van der Waals surface area contributed by atoms with Crippen LogP contribution in [0.2, 0.25) is 0 Å². The molecule has 0 spiro atoms. The first-order chi connectivity index (χ1) is 17.7. The highest BCUT2D eigenvalue weighted by molar-refractivity contribution is 6.01. The molecule has 36 heavy (non-hydrogen) atoms. The Morgan fingerprint density at radius 1 is 1.08 bits per heavy atom. The summed E-state index contributed by atoms with van der Waals surface area (Å²) in [6.07, 6.45) is 23.0. The number of nitrogens with one attached hydrogen (secondary N) is 1. The predicted octanol–water partition coefficient (Wildman–Crippen LogP) is 6.87. The molecule has 1 amide bonds. The van der Waals surface area contributed by atoms with E-state index in [0.29, 0.717) is 35.6 Å². The number of nitrogens with zero attached hydrogens (tertiary/aromatic N) is 1. The third-order valence-electron chi connectivity index (χ3n) is 7.44. The first kappa shape index (κ1) is 24.2. The largest absolute Gasteiger partial charge is 0.466 e. The molecule has 2 aromatic rings. The van der Waals surface area contributed by atoms with Crippen LogP contribution in [-0.2, 0) is 14.3 Å². The van der Waals surface area contributed by atoms with Crippen LogP contribution >= 0.6 is 0 Å². The molecule has 188 valence electrons. The minimum absolute atomic E-state index is 0.0263. The van der Waals surface area contributed by atoms with Gasteiger partial charge in [-0.25, -0.2) is 0 Å². The van der Waals surface area contributed by atoms with Gasteiger partial charge >= 0.3 is 0 Å². The molecule has 5 rings (SSSR count). The number of hydrogen-bond acceptors (Lipinski definition) is 4. The maximum absolute atomic E-state index is 13.7. The van der Waals surface area contributed by atoms with Crippen LogP contribution < -0.4 is 10.9 Å². The second kappa shape index (κ2) is 11.5. The molecule has 1 atom stereocenters. The Morgan fingerprint density at radius 2 is 1.94 bits per heavy atom. The molecular formula is C30H34N2O4. The summed E-state index contributed by atoms with van der Waals surface area (Å²) in [7, 11) is 0. The Kier molecular flexibility index (Phi) is 7.70. The molecule has 2 heterocycles. The summed E-state index contributed by atoms with van der Waals surface area (Å²) >= 11 is 0. The average Bonchev–Trinajstić information content (AvgIpc) is 3.18. The molecule has 1 aromatic carbocycles. The minimum atomic E-state index is -0.335. The second-order valence-corrected chi connectivity index (χ2v) is 9.96. The molecule has 3 aliphatic rings. The number of ether oxygens (including phenoxy) is 2. The summed E-state index contributed by atoms with van der Waals surface area (Å²) in [6, 6.07) is 7.11. The molecule has 1 aliphatic heterocycles. The number of benzene rings is 1. The summed E-state index contributed by atoms with van der Waals surface area (Å²) in [5.41, 5.74) is 1.82. The highest BCUT2D eigenvalue weighted by Gasteiger charge is 2.24. The van der Waals surface area contributed by atoms with Crippen molar-refractivity contribution in [2.75, 3.05) is 5.32 Å². The second-order valence-electron chi connectivity index (χ2n) is 9.96. The lowest BCUT2D eigenvalue weighted by molar-refractivity contribution is -0.117.